The van der Waals surface area contributed by atoms with E-state index in [4.69, 9.17) is 11.5 Å². The van der Waals surface area contributed by atoms with Gasteiger partial charge in [-0.2, -0.15) is 0 Å². The van der Waals surface area contributed by atoms with Gasteiger partial charge in [-0.3, -0.25) is 4.79 Å². The van der Waals surface area contributed by atoms with Gasteiger partial charge in [-0.25, -0.2) is 0 Å². The molecular formula is C17H21N3O. The highest BCUT2D eigenvalue weighted by atomic mass is 16.1. The maximum Gasteiger partial charge on any atom is 0.250 e. The first kappa shape index (κ1) is 14.9. The van der Waals surface area contributed by atoms with Crippen LogP contribution in [0.5, 0.6) is 0 Å². The number of hydrogen-bond donors (Lipinski definition) is 3. The van der Waals surface area contributed by atoms with Crippen LogP contribution in [0, 0.1) is 0 Å². The molecule has 4 nitrogen and oxygen atoms in total. The van der Waals surface area contributed by atoms with Crippen molar-refractivity contribution in [2.24, 2.45) is 5.73 Å². The molecule has 2 aromatic carbocycles. The summed E-state index contributed by atoms with van der Waals surface area (Å²) in [6.45, 7) is 4.96. The summed E-state index contributed by atoms with van der Waals surface area (Å²) >= 11 is 0. The van der Waals surface area contributed by atoms with Crippen molar-refractivity contribution in [1.82, 2.24) is 0 Å². The maximum absolute atomic E-state index is 11.4. The lowest BCUT2D eigenvalue weighted by Gasteiger charge is -2.12. The second-order valence-electron chi connectivity index (χ2n) is 5.42. The second kappa shape index (κ2) is 6.31. The van der Waals surface area contributed by atoms with Crippen LogP contribution in [0.25, 0.3) is 0 Å². The van der Waals surface area contributed by atoms with Crippen LogP contribution in [0.2, 0.25) is 0 Å². The Kier molecular flexibility index (Phi) is 4.48. The summed E-state index contributed by atoms with van der Waals surface area (Å²) in [5.41, 5.74) is 15.1. The van der Waals surface area contributed by atoms with E-state index >= 15 is 0 Å². The Morgan fingerprint density at radius 1 is 1.14 bits per heavy atom. The summed E-state index contributed by atoms with van der Waals surface area (Å²) in [5, 5.41) is 3.23. The quantitative estimate of drug-likeness (QED) is 0.737. The zero-order valence-electron chi connectivity index (χ0n) is 12.4. The average molecular weight is 283 g/mol. The lowest BCUT2D eigenvalue weighted by atomic mass is 10.0. The first-order chi connectivity index (χ1) is 9.97. The first-order valence-corrected chi connectivity index (χ1v) is 6.99. The number of hydrogen-bond acceptors (Lipinski definition) is 3. The molecule has 21 heavy (non-hydrogen) atoms. The SMILES string of the molecule is CC(C)c1ccc(CNc2ccc(N)cc2C(N)=O)cc1. The monoisotopic (exact) mass is 283 g/mol. The van der Waals surface area contributed by atoms with Crippen molar-refractivity contribution in [1.29, 1.82) is 0 Å². The van der Waals surface area contributed by atoms with Crippen molar-refractivity contribution in [2.45, 2.75) is 26.3 Å². The Bertz CT molecular complexity index is 633. The van der Waals surface area contributed by atoms with Crippen LogP contribution in [-0.4, -0.2) is 5.91 Å². The molecule has 0 saturated heterocycles. The molecule has 0 heterocycles. The minimum atomic E-state index is -0.486. The van der Waals surface area contributed by atoms with E-state index in [9.17, 15) is 4.79 Å². The Morgan fingerprint density at radius 3 is 2.38 bits per heavy atom. The number of carbonyl (C=O) groups is 1. The van der Waals surface area contributed by atoms with E-state index in [0.29, 0.717) is 29.4 Å². The third-order valence-electron chi connectivity index (χ3n) is 3.44. The van der Waals surface area contributed by atoms with Crippen LogP contribution in [0.3, 0.4) is 0 Å². The predicted octanol–water partition coefficient (Wildman–Crippen LogP) is 3.10. The highest BCUT2D eigenvalue weighted by molar-refractivity contribution is 5.99. The second-order valence-corrected chi connectivity index (χ2v) is 5.42. The van der Waals surface area contributed by atoms with Gasteiger partial charge in [-0.05, 0) is 35.2 Å². The van der Waals surface area contributed by atoms with Gasteiger partial charge in [0.15, 0.2) is 0 Å². The molecule has 2 aromatic rings. The molecule has 1 amide bonds. The smallest absolute Gasteiger partial charge is 0.250 e. The fourth-order valence-corrected chi connectivity index (χ4v) is 2.14. The van der Waals surface area contributed by atoms with Gasteiger partial charge in [0.25, 0.3) is 5.91 Å². The molecule has 0 saturated carbocycles. The molecule has 0 aliphatic carbocycles. The largest absolute Gasteiger partial charge is 0.399 e. The number of benzene rings is 2. The average Bonchev–Trinajstić information content (AvgIpc) is 2.46. The number of nitrogen functional groups attached to an aromatic ring is 1. The zero-order valence-corrected chi connectivity index (χ0v) is 12.4. The molecule has 4 heteroatoms. The molecule has 0 radical (unpaired) electrons. The van der Waals surface area contributed by atoms with E-state index in [1.54, 1.807) is 18.2 Å². The van der Waals surface area contributed by atoms with Crippen LogP contribution < -0.4 is 16.8 Å². The Morgan fingerprint density at radius 2 is 1.81 bits per heavy atom. The number of primary amides is 1. The molecule has 0 atom stereocenters. The van der Waals surface area contributed by atoms with Gasteiger partial charge in [0.1, 0.15) is 0 Å². The molecule has 0 spiro atoms. The number of rotatable bonds is 5. The van der Waals surface area contributed by atoms with Crippen molar-refractivity contribution in [2.75, 3.05) is 11.1 Å². The maximum atomic E-state index is 11.4. The van der Waals surface area contributed by atoms with Gasteiger partial charge in [-0.1, -0.05) is 38.1 Å². The normalized spacial score (nSPS) is 10.6. The fraction of sp³-hybridized carbons (Fsp3) is 0.235. The van der Waals surface area contributed by atoms with Gasteiger partial charge in [0.05, 0.1) is 5.56 Å². The van der Waals surface area contributed by atoms with Crippen molar-refractivity contribution >= 4 is 17.3 Å². The van der Waals surface area contributed by atoms with E-state index < -0.39 is 5.91 Å². The Balaban J connectivity index is 2.11. The summed E-state index contributed by atoms with van der Waals surface area (Å²) in [5.74, 6) is 0.0329. The molecule has 0 aromatic heterocycles. The minimum Gasteiger partial charge on any atom is -0.399 e. The van der Waals surface area contributed by atoms with E-state index in [2.05, 4.69) is 43.4 Å². The van der Waals surface area contributed by atoms with Gasteiger partial charge in [-0.15, -0.1) is 0 Å². The Labute approximate surface area is 125 Å². The van der Waals surface area contributed by atoms with Crippen LogP contribution in [0.1, 0.15) is 41.3 Å². The summed E-state index contributed by atoms with van der Waals surface area (Å²) < 4.78 is 0. The highest BCUT2D eigenvalue weighted by Crippen LogP contribution is 2.20. The third-order valence-corrected chi connectivity index (χ3v) is 3.44. The van der Waals surface area contributed by atoms with Crippen LogP contribution in [-0.2, 0) is 6.54 Å². The summed E-state index contributed by atoms with van der Waals surface area (Å²) in [6, 6.07) is 13.5. The van der Waals surface area contributed by atoms with Crippen LogP contribution in [0.4, 0.5) is 11.4 Å². The molecule has 2 rings (SSSR count). The van der Waals surface area contributed by atoms with Crippen LogP contribution >= 0.6 is 0 Å². The number of nitrogens with two attached hydrogens (primary N) is 2. The molecule has 0 unspecified atom stereocenters. The van der Waals surface area contributed by atoms with E-state index in [-0.39, 0.29) is 0 Å². The van der Waals surface area contributed by atoms with Gasteiger partial charge >= 0.3 is 0 Å². The fourth-order valence-electron chi connectivity index (χ4n) is 2.14. The molecule has 0 fully saturated rings. The summed E-state index contributed by atoms with van der Waals surface area (Å²) in [6.07, 6.45) is 0. The zero-order chi connectivity index (χ0) is 15.4. The molecule has 0 bridgehead atoms. The van der Waals surface area contributed by atoms with Gasteiger partial charge < -0.3 is 16.8 Å². The molecule has 0 aliphatic rings. The number of amides is 1. The number of nitrogens with one attached hydrogen (secondary N) is 1. The third kappa shape index (κ3) is 3.75. The van der Waals surface area contributed by atoms with Crippen LogP contribution in [0.15, 0.2) is 42.5 Å². The first-order valence-electron chi connectivity index (χ1n) is 6.99. The highest BCUT2D eigenvalue weighted by Gasteiger charge is 2.08. The molecule has 5 N–H and O–H groups in total. The van der Waals surface area contributed by atoms with Gasteiger partial charge in [0.2, 0.25) is 0 Å². The van der Waals surface area contributed by atoms with Crippen molar-refractivity contribution < 1.29 is 4.79 Å². The number of carbonyl (C=O) groups excluding carboxylic acids is 1. The number of anilines is 2. The predicted molar refractivity (Wildman–Crippen MR) is 87.2 cm³/mol. The topological polar surface area (TPSA) is 81.1 Å². The van der Waals surface area contributed by atoms with Crippen molar-refractivity contribution in [3.05, 3.63) is 59.2 Å². The van der Waals surface area contributed by atoms with E-state index in [1.807, 2.05) is 0 Å². The van der Waals surface area contributed by atoms with Crippen molar-refractivity contribution in [3.63, 3.8) is 0 Å². The molecular weight excluding hydrogens is 262 g/mol. The minimum absolute atomic E-state index is 0.411. The lowest BCUT2D eigenvalue weighted by Crippen LogP contribution is -2.14. The van der Waals surface area contributed by atoms with Crippen molar-refractivity contribution in [3.8, 4) is 0 Å². The van der Waals surface area contributed by atoms with E-state index in [1.165, 1.54) is 5.56 Å². The summed E-state index contributed by atoms with van der Waals surface area (Å²) in [4.78, 5) is 11.4. The molecule has 110 valence electrons. The standard InChI is InChI=1S/C17H21N3O/c1-11(2)13-5-3-12(4-6-13)10-20-16-8-7-14(18)9-15(16)17(19)21/h3-9,11,20H,10,18H2,1-2H3,(H2,19,21). The molecule has 0 aliphatic heterocycles. The lowest BCUT2D eigenvalue weighted by molar-refractivity contribution is 0.100. The Hall–Kier alpha value is -2.49. The van der Waals surface area contributed by atoms with Gasteiger partial charge in [0, 0.05) is 17.9 Å². The van der Waals surface area contributed by atoms with E-state index in [0.717, 1.165) is 5.56 Å². The summed E-state index contributed by atoms with van der Waals surface area (Å²) in [7, 11) is 0.